The van der Waals surface area contributed by atoms with Gasteiger partial charge in [0, 0.05) is 0 Å². The first-order valence-electron chi connectivity index (χ1n) is 8.37. The molecule has 1 aromatic carbocycles. The van der Waals surface area contributed by atoms with Gasteiger partial charge in [-0.3, -0.25) is 0 Å². The van der Waals surface area contributed by atoms with Gasteiger partial charge in [-0.25, -0.2) is 0 Å². The number of hydrogen-bond donors (Lipinski definition) is 0. The predicted molar refractivity (Wildman–Crippen MR) is 99.8 cm³/mol. The Bertz CT molecular complexity index is 569. The molecule has 1 aliphatic rings. The van der Waals surface area contributed by atoms with Crippen LogP contribution in [0.1, 0.15) is 32.1 Å². The fraction of sp³-hybridized carbons (Fsp3) is 0.526. The Morgan fingerprint density at radius 2 is 1.91 bits per heavy atom. The van der Waals surface area contributed by atoms with Gasteiger partial charge >= 0.3 is 147 Å². The third kappa shape index (κ3) is 6.95. The van der Waals surface area contributed by atoms with Crippen LogP contribution in [-0.4, -0.2) is 34.0 Å². The predicted octanol–water partition coefficient (Wildman–Crippen LogP) is 3.98. The van der Waals surface area contributed by atoms with Gasteiger partial charge in [-0.05, 0) is 0 Å². The summed E-state index contributed by atoms with van der Waals surface area (Å²) in [6, 6.07) is 9.91. The third-order valence-corrected chi connectivity index (χ3v) is 6.40. The monoisotopic (exact) mass is 394 g/mol. The van der Waals surface area contributed by atoms with E-state index in [1.807, 2.05) is 30.3 Å². The molecule has 1 fully saturated rings. The first-order chi connectivity index (χ1) is 10.9. The summed E-state index contributed by atoms with van der Waals surface area (Å²) in [5.74, 6) is 3.79. The molecule has 124 valence electrons. The maximum absolute atomic E-state index is 12.2. The van der Waals surface area contributed by atoms with Crippen molar-refractivity contribution in [2.45, 2.75) is 57.8 Å². The summed E-state index contributed by atoms with van der Waals surface area (Å²) in [7, 11) is -1.31. The SMILES string of the molecule is C[Si](C)(C)C#CCC1CCCCC1OC(=O)[Se]c1ccccc1. The molecule has 2 nitrogen and oxygen atoms in total. The van der Waals surface area contributed by atoms with Crippen LogP contribution in [0, 0.1) is 17.4 Å². The molecule has 1 aromatic rings. The molecule has 23 heavy (non-hydrogen) atoms. The Balaban J connectivity index is 1.90. The van der Waals surface area contributed by atoms with E-state index in [9.17, 15) is 4.79 Å². The van der Waals surface area contributed by atoms with E-state index in [-0.39, 0.29) is 25.9 Å². The molecule has 2 unspecified atom stereocenters. The molecular formula is C19H26O2SeSi. The van der Waals surface area contributed by atoms with Crippen molar-refractivity contribution in [3.8, 4) is 11.5 Å². The Kier molecular flexibility index (Phi) is 6.96. The standard InChI is InChI=1S/C19H26O2SeSi/c1-23(2,3)15-9-11-16-10-7-8-14-18(16)21-19(20)22-17-12-5-4-6-13-17/h4-6,12-13,16,18H,7-8,10-11,14H2,1-3H3. The van der Waals surface area contributed by atoms with Gasteiger partial charge in [0.05, 0.1) is 0 Å². The van der Waals surface area contributed by atoms with Crippen LogP contribution in [0.5, 0.6) is 0 Å². The fourth-order valence-electron chi connectivity index (χ4n) is 2.74. The van der Waals surface area contributed by atoms with Gasteiger partial charge in [0.2, 0.25) is 0 Å². The molecule has 2 rings (SSSR count). The van der Waals surface area contributed by atoms with Gasteiger partial charge < -0.3 is 0 Å². The van der Waals surface area contributed by atoms with Crippen molar-refractivity contribution >= 4 is 32.4 Å². The number of ether oxygens (including phenoxy) is 1. The number of carbonyl (C=O) groups excluding carboxylic acids is 1. The van der Waals surface area contributed by atoms with E-state index in [0.29, 0.717) is 5.92 Å². The van der Waals surface area contributed by atoms with Gasteiger partial charge in [-0.1, -0.05) is 0 Å². The molecule has 0 bridgehead atoms. The molecule has 0 aromatic heterocycles. The normalized spacial score (nSPS) is 21.2. The third-order valence-electron chi connectivity index (χ3n) is 3.86. The molecule has 2 atom stereocenters. The molecule has 0 spiro atoms. The topological polar surface area (TPSA) is 26.3 Å². The van der Waals surface area contributed by atoms with E-state index in [4.69, 9.17) is 4.74 Å². The van der Waals surface area contributed by atoms with E-state index in [1.54, 1.807) is 0 Å². The summed E-state index contributed by atoms with van der Waals surface area (Å²) >= 11 is -0.243. The van der Waals surface area contributed by atoms with Gasteiger partial charge in [0.25, 0.3) is 0 Å². The Morgan fingerprint density at radius 3 is 2.61 bits per heavy atom. The zero-order chi connectivity index (χ0) is 16.7. The van der Waals surface area contributed by atoms with Crippen LogP contribution in [-0.2, 0) is 4.74 Å². The van der Waals surface area contributed by atoms with Crippen molar-refractivity contribution in [1.29, 1.82) is 0 Å². The second kappa shape index (κ2) is 8.73. The van der Waals surface area contributed by atoms with Gasteiger partial charge in [0.15, 0.2) is 0 Å². The summed E-state index contributed by atoms with van der Waals surface area (Å²) in [6.07, 6.45) is 5.47. The number of hydrogen-bond acceptors (Lipinski definition) is 2. The molecule has 0 saturated heterocycles. The molecular weight excluding hydrogens is 367 g/mol. The summed E-state index contributed by atoms with van der Waals surface area (Å²) in [6.45, 7) is 6.79. The first-order valence-corrected chi connectivity index (χ1v) is 13.6. The van der Waals surface area contributed by atoms with Crippen molar-refractivity contribution in [2.75, 3.05) is 0 Å². The average Bonchev–Trinajstić information content (AvgIpc) is 2.49. The molecule has 0 aliphatic heterocycles. The minimum atomic E-state index is -1.31. The van der Waals surface area contributed by atoms with E-state index < -0.39 is 8.07 Å². The average molecular weight is 393 g/mol. The second-order valence-corrected chi connectivity index (χ2v) is 14.0. The molecule has 0 amide bonds. The summed E-state index contributed by atoms with van der Waals surface area (Å²) in [4.78, 5) is 12.2. The number of benzene rings is 1. The van der Waals surface area contributed by atoms with Crippen LogP contribution in [0.2, 0.25) is 19.6 Å². The second-order valence-electron chi connectivity index (χ2n) is 7.12. The Morgan fingerprint density at radius 1 is 1.22 bits per heavy atom. The van der Waals surface area contributed by atoms with E-state index in [0.717, 1.165) is 30.1 Å². The van der Waals surface area contributed by atoms with Crippen LogP contribution in [0.15, 0.2) is 30.3 Å². The van der Waals surface area contributed by atoms with Crippen molar-refractivity contribution in [1.82, 2.24) is 0 Å². The number of carbonyl (C=O) groups is 1. The Labute approximate surface area is 147 Å². The molecule has 0 heterocycles. The van der Waals surface area contributed by atoms with Crippen molar-refractivity contribution in [3.63, 3.8) is 0 Å². The zero-order valence-electron chi connectivity index (χ0n) is 14.3. The summed E-state index contributed by atoms with van der Waals surface area (Å²) < 4.78 is 6.90. The van der Waals surface area contributed by atoms with E-state index >= 15 is 0 Å². The molecule has 1 saturated carbocycles. The van der Waals surface area contributed by atoms with Crippen molar-refractivity contribution < 1.29 is 9.53 Å². The molecule has 0 N–H and O–H groups in total. The van der Waals surface area contributed by atoms with Gasteiger partial charge in [0.1, 0.15) is 0 Å². The van der Waals surface area contributed by atoms with Gasteiger partial charge in [-0.15, -0.1) is 0 Å². The molecule has 1 aliphatic carbocycles. The summed E-state index contributed by atoms with van der Waals surface area (Å²) in [5, 5.41) is 0. The van der Waals surface area contributed by atoms with Crippen LogP contribution in [0.25, 0.3) is 0 Å². The number of rotatable bonds is 4. The minimum absolute atomic E-state index is 0.0428. The zero-order valence-corrected chi connectivity index (χ0v) is 17.0. The molecule has 4 heteroatoms. The van der Waals surface area contributed by atoms with E-state index in [2.05, 4.69) is 31.1 Å². The molecule has 0 radical (unpaired) electrons. The van der Waals surface area contributed by atoms with Crippen LogP contribution in [0.4, 0.5) is 4.79 Å². The summed E-state index contributed by atoms with van der Waals surface area (Å²) in [5.41, 5.74) is 3.44. The van der Waals surface area contributed by atoms with Crippen molar-refractivity contribution in [2.24, 2.45) is 5.92 Å². The maximum atomic E-state index is 12.2. The Hall–Kier alpha value is -1.01. The van der Waals surface area contributed by atoms with Crippen LogP contribution in [0.3, 0.4) is 0 Å². The van der Waals surface area contributed by atoms with Crippen LogP contribution < -0.4 is 4.46 Å². The van der Waals surface area contributed by atoms with Crippen molar-refractivity contribution in [3.05, 3.63) is 30.3 Å². The fourth-order valence-corrected chi connectivity index (χ4v) is 4.75. The van der Waals surface area contributed by atoms with E-state index in [1.165, 1.54) is 6.42 Å². The van der Waals surface area contributed by atoms with Crippen LogP contribution >= 0.6 is 0 Å². The quantitative estimate of drug-likeness (QED) is 0.571. The van der Waals surface area contributed by atoms with Gasteiger partial charge in [-0.2, -0.15) is 0 Å². The first kappa shape index (κ1) is 18.3.